The Morgan fingerprint density at radius 3 is 2.02 bits per heavy atom. The number of hydrogen-bond donors (Lipinski definition) is 5. The summed E-state index contributed by atoms with van der Waals surface area (Å²) in [5, 5.41) is 28.3. The smallest absolute Gasteiger partial charge is 0.329 e. The summed E-state index contributed by atoms with van der Waals surface area (Å²) in [5.41, 5.74) is 4.02. The average molecular weight is 544 g/mol. The zero-order chi connectivity index (χ0) is 29.0. The Kier molecular flexibility index (Phi) is 8.47. The van der Waals surface area contributed by atoms with Crippen LogP contribution in [0.3, 0.4) is 0 Å². The molecular weight excluding hydrogens is 506 g/mol. The maximum absolute atomic E-state index is 13.6. The Labute approximate surface area is 234 Å². The van der Waals surface area contributed by atoms with E-state index < -0.39 is 23.4 Å². The van der Waals surface area contributed by atoms with E-state index in [4.69, 9.17) is 0 Å². The summed E-state index contributed by atoms with van der Waals surface area (Å²) in [6.45, 7) is 7.38. The molecule has 0 unspecified atom stereocenters. The minimum absolute atomic E-state index is 0.122. The van der Waals surface area contributed by atoms with Crippen molar-refractivity contribution in [3.63, 3.8) is 0 Å². The molecule has 0 bridgehead atoms. The van der Waals surface area contributed by atoms with Gasteiger partial charge in [-0.15, -0.1) is 0 Å². The third-order valence-corrected chi connectivity index (χ3v) is 7.87. The number of carboxylic acid groups (broad SMARTS) is 1. The van der Waals surface area contributed by atoms with E-state index in [0.717, 1.165) is 54.4 Å². The van der Waals surface area contributed by atoms with Crippen molar-refractivity contribution < 1.29 is 24.6 Å². The molecule has 1 aliphatic rings. The predicted molar refractivity (Wildman–Crippen MR) is 157 cm³/mol. The Morgan fingerprint density at radius 1 is 0.825 bits per heavy atom. The van der Waals surface area contributed by atoms with Crippen LogP contribution in [-0.2, 0) is 4.79 Å². The molecule has 4 rings (SSSR count). The van der Waals surface area contributed by atoms with Crippen LogP contribution in [0.1, 0.15) is 66.1 Å². The van der Waals surface area contributed by atoms with Gasteiger partial charge in [-0.2, -0.15) is 0 Å². The number of carbonyl (C=O) groups is 3. The molecule has 1 saturated carbocycles. The van der Waals surface area contributed by atoms with E-state index in [1.807, 2.05) is 32.9 Å². The van der Waals surface area contributed by atoms with Gasteiger partial charge in [-0.1, -0.05) is 55.2 Å². The van der Waals surface area contributed by atoms with E-state index >= 15 is 0 Å². The Morgan fingerprint density at radius 2 is 1.43 bits per heavy atom. The molecule has 1 fully saturated rings. The van der Waals surface area contributed by atoms with Crippen molar-refractivity contribution >= 4 is 29.3 Å². The number of aromatic hydroxyl groups is 1. The number of rotatable bonds is 7. The van der Waals surface area contributed by atoms with Gasteiger partial charge in [-0.05, 0) is 93.0 Å². The largest absolute Gasteiger partial charge is 0.508 e. The standard InChI is InChI=1S/C32H37N3O5/c1-19-16-20(2)28(21(3)17-19)34-31(40)33-27-18-23(22-10-13-25(36)14-11-22)12-15-26(27)29(37)35-32(4,30(38)39)24-8-6-5-7-9-24/h10-18,24,36H,5-9H2,1-4H3,(H,35,37)(H,38,39)(H2,33,34,40)/t32-/m0/s1. The van der Waals surface area contributed by atoms with Gasteiger partial charge in [0.2, 0.25) is 0 Å². The van der Waals surface area contributed by atoms with Crippen LogP contribution >= 0.6 is 0 Å². The van der Waals surface area contributed by atoms with Gasteiger partial charge in [0.05, 0.1) is 11.3 Å². The van der Waals surface area contributed by atoms with Crippen LogP contribution in [0.5, 0.6) is 5.75 Å². The number of phenolic OH excluding ortho intramolecular Hbond substituents is 1. The second-order valence-corrected chi connectivity index (χ2v) is 11.0. The summed E-state index contributed by atoms with van der Waals surface area (Å²) in [7, 11) is 0. The first kappa shape index (κ1) is 28.7. The van der Waals surface area contributed by atoms with Crippen LogP contribution in [0.15, 0.2) is 54.6 Å². The lowest BCUT2D eigenvalue weighted by Gasteiger charge is -2.37. The summed E-state index contributed by atoms with van der Waals surface area (Å²) in [5.74, 6) is -1.72. The van der Waals surface area contributed by atoms with Crippen LogP contribution in [-0.4, -0.2) is 33.7 Å². The average Bonchev–Trinajstić information content (AvgIpc) is 2.91. The first-order chi connectivity index (χ1) is 19.0. The number of carbonyl (C=O) groups excluding carboxylic acids is 2. The van der Waals surface area contributed by atoms with Gasteiger partial charge in [-0.25, -0.2) is 9.59 Å². The fraction of sp³-hybridized carbons (Fsp3) is 0.344. The van der Waals surface area contributed by atoms with E-state index in [9.17, 15) is 24.6 Å². The molecule has 0 radical (unpaired) electrons. The summed E-state index contributed by atoms with van der Waals surface area (Å²) in [6.07, 6.45) is 4.37. The Hall–Kier alpha value is -4.33. The highest BCUT2D eigenvalue weighted by atomic mass is 16.4. The molecule has 0 aromatic heterocycles. The SMILES string of the molecule is Cc1cc(C)c(NC(=O)Nc2cc(-c3ccc(O)cc3)ccc2C(=O)N[C@](C)(C(=O)O)C2CCCCC2)c(C)c1. The highest BCUT2D eigenvalue weighted by Gasteiger charge is 2.43. The van der Waals surface area contributed by atoms with Gasteiger partial charge in [0.15, 0.2) is 0 Å². The van der Waals surface area contributed by atoms with Crippen LogP contribution in [0.4, 0.5) is 16.2 Å². The van der Waals surface area contributed by atoms with Crippen molar-refractivity contribution in [1.29, 1.82) is 0 Å². The fourth-order valence-electron chi connectivity index (χ4n) is 5.64. The highest BCUT2D eigenvalue weighted by molar-refractivity contribution is 6.08. The summed E-state index contributed by atoms with van der Waals surface area (Å²) < 4.78 is 0. The van der Waals surface area contributed by atoms with Crippen molar-refractivity contribution in [2.24, 2.45) is 5.92 Å². The molecule has 0 saturated heterocycles. The lowest BCUT2D eigenvalue weighted by Crippen LogP contribution is -2.57. The van der Waals surface area contributed by atoms with Gasteiger partial charge in [0.1, 0.15) is 11.3 Å². The quantitative estimate of drug-likeness (QED) is 0.224. The topological polar surface area (TPSA) is 128 Å². The molecule has 40 heavy (non-hydrogen) atoms. The van der Waals surface area contributed by atoms with E-state index in [-0.39, 0.29) is 22.9 Å². The number of amides is 3. The number of phenols is 1. The number of benzene rings is 3. The van der Waals surface area contributed by atoms with Crippen molar-refractivity contribution in [1.82, 2.24) is 5.32 Å². The minimum atomic E-state index is -1.44. The van der Waals surface area contributed by atoms with Crippen molar-refractivity contribution in [2.45, 2.75) is 65.3 Å². The van der Waals surface area contributed by atoms with Crippen LogP contribution in [0.25, 0.3) is 11.1 Å². The minimum Gasteiger partial charge on any atom is -0.508 e. The van der Waals surface area contributed by atoms with Crippen molar-refractivity contribution in [2.75, 3.05) is 10.6 Å². The first-order valence-electron chi connectivity index (χ1n) is 13.6. The van der Waals surface area contributed by atoms with Gasteiger partial charge in [-0.3, -0.25) is 4.79 Å². The molecule has 8 heteroatoms. The van der Waals surface area contributed by atoms with E-state index in [2.05, 4.69) is 16.0 Å². The van der Waals surface area contributed by atoms with Crippen LogP contribution < -0.4 is 16.0 Å². The molecule has 0 spiro atoms. The van der Waals surface area contributed by atoms with E-state index in [1.54, 1.807) is 49.4 Å². The molecule has 8 nitrogen and oxygen atoms in total. The Balaban J connectivity index is 1.68. The third kappa shape index (κ3) is 6.28. The molecule has 3 amide bonds. The van der Waals surface area contributed by atoms with Gasteiger partial charge >= 0.3 is 12.0 Å². The number of urea groups is 1. The molecule has 3 aromatic rings. The molecule has 1 atom stereocenters. The summed E-state index contributed by atoms with van der Waals surface area (Å²) in [4.78, 5) is 39.2. The van der Waals surface area contributed by atoms with Crippen molar-refractivity contribution in [3.05, 3.63) is 76.9 Å². The normalized spacial score (nSPS) is 15.1. The maximum atomic E-state index is 13.6. The highest BCUT2D eigenvalue weighted by Crippen LogP contribution is 2.34. The Bertz CT molecular complexity index is 1400. The second kappa shape index (κ2) is 11.8. The molecule has 3 aromatic carbocycles. The summed E-state index contributed by atoms with van der Waals surface area (Å²) >= 11 is 0. The number of hydrogen-bond acceptors (Lipinski definition) is 4. The zero-order valence-corrected chi connectivity index (χ0v) is 23.4. The van der Waals surface area contributed by atoms with Gasteiger partial charge < -0.3 is 26.2 Å². The fourth-order valence-corrected chi connectivity index (χ4v) is 5.64. The lowest BCUT2D eigenvalue weighted by atomic mass is 9.75. The molecule has 0 heterocycles. The number of aryl methyl sites for hydroxylation is 3. The van der Waals surface area contributed by atoms with Gasteiger partial charge in [0, 0.05) is 5.69 Å². The molecular formula is C32H37N3O5. The molecule has 0 aliphatic heterocycles. The molecule has 5 N–H and O–H groups in total. The predicted octanol–water partition coefficient (Wildman–Crippen LogP) is 6.78. The molecule has 210 valence electrons. The van der Waals surface area contributed by atoms with Gasteiger partial charge in [0.25, 0.3) is 5.91 Å². The number of anilines is 2. The summed E-state index contributed by atoms with van der Waals surface area (Å²) in [6, 6.07) is 15.0. The van der Waals surface area contributed by atoms with E-state index in [0.29, 0.717) is 11.3 Å². The van der Waals surface area contributed by atoms with Crippen molar-refractivity contribution in [3.8, 4) is 16.9 Å². The zero-order valence-electron chi connectivity index (χ0n) is 23.4. The number of carboxylic acids is 1. The third-order valence-electron chi connectivity index (χ3n) is 7.87. The lowest BCUT2D eigenvalue weighted by molar-refractivity contribution is -0.146. The first-order valence-corrected chi connectivity index (χ1v) is 13.6. The maximum Gasteiger partial charge on any atom is 0.329 e. The van der Waals surface area contributed by atoms with E-state index in [1.165, 1.54) is 0 Å². The number of nitrogens with one attached hydrogen (secondary N) is 3. The number of aliphatic carboxylic acids is 1. The molecule has 1 aliphatic carbocycles. The van der Waals surface area contributed by atoms with Crippen LogP contribution in [0, 0.1) is 26.7 Å². The monoisotopic (exact) mass is 543 g/mol. The second-order valence-electron chi connectivity index (χ2n) is 11.0. The van der Waals surface area contributed by atoms with Crippen LogP contribution in [0.2, 0.25) is 0 Å².